The number of benzene rings is 1. The third kappa shape index (κ3) is 5.18. The van der Waals surface area contributed by atoms with Crippen molar-refractivity contribution in [3.63, 3.8) is 0 Å². The van der Waals surface area contributed by atoms with Crippen LogP contribution in [0.5, 0.6) is 0 Å². The van der Waals surface area contributed by atoms with Crippen LogP contribution in [0, 0.1) is 11.7 Å². The zero-order chi connectivity index (χ0) is 19.9. The SMILES string of the molecule is O=C(CNC(=O)c1ccoc1)Nc1ccc(F)c(NC(=O)C2CCCCC2)c1. The second-order valence-corrected chi connectivity index (χ2v) is 6.76. The first-order chi connectivity index (χ1) is 13.5. The van der Waals surface area contributed by atoms with E-state index < -0.39 is 17.6 Å². The van der Waals surface area contributed by atoms with Gasteiger partial charge < -0.3 is 20.4 Å². The van der Waals surface area contributed by atoms with Crippen molar-refractivity contribution in [3.8, 4) is 0 Å². The van der Waals surface area contributed by atoms with Gasteiger partial charge in [0.1, 0.15) is 12.1 Å². The second-order valence-electron chi connectivity index (χ2n) is 6.76. The average molecular weight is 387 g/mol. The molecule has 0 atom stereocenters. The van der Waals surface area contributed by atoms with Crippen molar-refractivity contribution in [1.82, 2.24) is 5.32 Å². The minimum Gasteiger partial charge on any atom is -0.472 e. The molecular formula is C20H22FN3O4. The maximum absolute atomic E-state index is 14.1. The standard InChI is InChI=1S/C20H22FN3O4/c21-16-7-6-15(10-17(16)24-20(27)13-4-2-1-3-5-13)23-18(25)11-22-19(26)14-8-9-28-12-14/h6-10,12-13H,1-5,11H2,(H,22,26)(H,23,25)(H,24,27). The van der Waals surface area contributed by atoms with Crippen LogP contribution in [0.4, 0.5) is 15.8 Å². The molecule has 1 saturated carbocycles. The third-order valence-electron chi connectivity index (χ3n) is 4.68. The lowest BCUT2D eigenvalue weighted by atomic mass is 9.88. The molecule has 0 bridgehead atoms. The number of furan rings is 1. The lowest BCUT2D eigenvalue weighted by Gasteiger charge is -2.21. The number of carbonyl (C=O) groups is 3. The number of hydrogen-bond acceptors (Lipinski definition) is 4. The predicted molar refractivity (Wildman–Crippen MR) is 101 cm³/mol. The van der Waals surface area contributed by atoms with Crippen LogP contribution in [-0.2, 0) is 9.59 Å². The van der Waals surface area contributed by atoms with Gasteiger partial charge in [-0.1, -0.05) is 19.3 Å². The first-order valence-corrected chi connectivity index (χ1v) is 9.23. The molecule has 7 nitrogen and oxygen atoms in total. The molecule has 1 aromatic carbocycles. The van der Waals surface area contributed by atoms with Crippen molar-refractivity contribution in [3.05, 3.63) is 48.2 Å². The first-order valence-electron chi connectivity index (χ1n) is 9.23. The highest BCUT2D eigenvalue weighted by atomic mass is 19.1. The normalized spacial score (nSPS) is 14.3. The van der Waals surface area contributed by atoms with Crippen LogP contribution in [0.3, 0.4) is 0 Å². The maximum Gasteiger partial charge on any atom is 0.254 e. The topological polar surface area (TPSA) is 100 Å². The highest BCUT2D eigenvalue weighted by Gasteiger charge is 2.22. The van der Waals surface area contributed by atoms with Crippen LogP contribution in [0.1, 0.15) is 42.5 Å². The molecule has 148 valence electrons. The van der Waals surface area contributed by atoms with Crippen LogP contribution in [0.15, 0.2) is 41.2 Å². The summed E-state index contributed by atoms with van der Waals surface area (Å²) >= 11 is 0. The van der Waals surface area contributed by atoms with Gasteiger partial charge in [-0.3, -0.25) is 14.4 Å². The molecule has 8 heteroatoms. The van der Waals surface area contributed by atoms with Gasteiger partial charge in [-0.05, 0) is 37.1 Å². The van der Waals surface area contributed by atoms with E-state index in [9.17, 15) is 18.8 Å². The molecule has 0 aliphatic heterocycles. The Bertz CT molecular complexity index is 845. The summed E-state index contributed by atoms with van der Waals surface area (Å²) in [5, 5.41) is 7.64. The van der Waals surface area contributed by atoms with Crippen molar-refractivity contribution in [2.75, 3.05) is 17.2 Å². The minimum absolute atomic E-state index is 0.0239. The van der Waals surface area contributed by atoms with Gasteiger partial charge in [0, 0.05) is 11.6 Å². The molecule has 0 spiro atoms. The Balaban J connectivity index is 1.55. The summed E-state index contributed by atoms with van der Waals surface area (Å²) in [7, 11) is 0. The Labute approximate surface area is 161 Å². The van der Waals surface area contributed by atoms with Gasteiger partial charge in [-0.25, -0.2) is 4.39 Å². The number of hydrogen-bond donors (Lipinski definition) is 3. The summed E-state index contributed by atoms with van der Waals surface area (Å²) in [6.45, 7) is -0.259. The lowest BCUT2D eigenvalue weighted by molar-refractivity contribution is -0.120. The van der Waals surface area contributed by atoms with Gasteiger partial charge in [-0.2, -0.15) is 0 Å². The van der Waals surface area contributed by atoms with E-state index >= 15 is 0 Å². The molecule has 1 heterocycles. The highest BCUT2D eigenvalue weighted by molar-refractivity contribution is 5.99. The Morgan fingerprint density at radius 2 is 1.86 bits per heavy atom. The van der Waals surface area contributed by atoms with E-state index in [2.05, 4.69) is 16.0 Å². The summed E-state index contributed by atoms with van der Waals surface area (Å²) in [5.74, 6) is -1.80. The molecule has 28 heavy (non-hydrogen) atoms. The molecular weight excluding hydrogens is 365 g/mol. The van der Waals surface area contributed by atoms with Gasteiger partial charge >= 0.3 is 0 Å². The van der Waals surface area contributed by atoms with E-state index in [0.717, 1.165) is 32.1 Å². The largest absolute Gasteiger partial charge is 0.472 e. The molecule has 3 amide bonds. The summed E-state index contributed by atoms with van der Waals surface area (Å²) in [5.41, 5.74) is 0.654. The van der Waals surface area contributed by atoms with Crippen LogP contribution in [0.2, 0.25) is 0 Å². The monoisotopic (exact) mass is 387 g/mol. The fraction of sp³-hybridized carbons (Fsp3) is 0.350. The maximum atomic E-state index is 14.1. The number of carbonyl (C=O) groups excluding carboxylic acids is 3. The summed E-state index contributed by atoms with van der Waals surface area (Å²) in [4.78, 5) is 36.1. The van der Waals surface area contributed by atoms with Crippen LogP contribution >= 0.6 is 0 Å². The van der Waals surface area contributed by atoms with E-state index in [4.69, 9.17) is 4.42 Å². The Morgan fingerprint density at radius 1 is 1.07 bits per heavy atom. The van der Waals surface area contributed by atoms with Crippen molar-refractivity contribution >= 4 is 29.1 Å². The molecule has 3 rings (SSSR count). The van der Waals surface area contributed by atoms with Gasteiger partial charge in [0.05, 0.1) is 24.1 Å². The van der Waals surface area contributed by atoms with E-state index in [0.29, 0.717) is 11.3 Å². The summed E-state index contributed by atoms with van der Waals surface area (Å²) in [6, 6.07) is 5.41. The number of anilines is 2. The van der Waals surface area contributed by atoms with E-state index in [1.807, 2.05) is 0 Å². The number of rotatable bonds is 6. The third-order valence-corrected chi connectivity index (χ3v) is 4.68. The molecule has 0 unspecified atom stereocenters. The number of halogens is 1. The Hall–Kier alpha value is -3.16. The summed E-state index contributed by atoms with van der Waals surface area (Å²) in [6.07, 6.45) is 7.37. The average Bonchev–Trinajstić information content (AvgIpc) is 3.24. The molecule has 3 N–H and O–H groups in total. The molecule has 2 aromatic rings. The number of amides is 3. The molecule has 0 saturated heterocycles. The fourth-order valence-corrected chi connectivity index (χ4v) is 3.16. The summed E-state index contributed by atoms with van der Waals surface area (Å²) < 4.78 is 18.9. The van der Waals surface area contributed by atoms with Crippen molar-refractivity contribution in [2.24, 2.45) is 5.92 Å². The zero-order valence-electron chi connectivity index (χ0n) is 15.3. The van der Waals surface area contributed by atoms with Crippen molar-refractivity contribution in [2.45, 2.75) is 32.1 Å². The minimum atomic E-state index is -0.574. The van der Waals surface area contributed by atoms with Gasteiger partial charge in [0.25, 0.3) is 5.91 Å². The quantitative estimate of drug-likeness (QED) is 0.708. The molecule has 1 aromatic heterocycles. The lowest BCUT2D eigenvalue weighted by Crippen LogP contribution is -2.32. The van der Waals surface area contributed by atoms with Crippen molar-refractivity contribution < 1.29 is 23.2 Å². The van der Waals surface area contributed by atoms with E-state index in [-0.39, 0.29) is 24.1 Å². The fourth-order valence-electron chi connectivity index (χ4n) is 3.16. The Morgan fingerprint density at radius 3 is 2.57 bits per heavy atom. The Kier molecular flexibility index (Phi) is 6.41. The molecule has 1 aliphatic rings. The van der Waals surface area contributed by atoms with Crippen LogP contribution < -0.4 is 16.0 Å². The van der Waals surface area contributed by atoms with Crippen LogP contribution in [0.25, 0.3) is 0 Å². The molecule has 1 fully saturated rings. The molecule has 0 radical (unpaired) electrons. The van der Waals surface area contributed by atoms with E-state index in [1.165, 1.54) is 36.8 Å². The molecule has 1 aliphatic carbocycles. The van der Waals surface area contributed by atoms with Gasteiger partial charge in [-0.15, -0.1) is 0 Å². The first kappa shape index (κ1) is 19.6. The second kappa shape index (κ2) is 9.16. The van der Waals surface area contributed by atoms with Gasteiger partial charge in [0.15, 0.2) is 0 Å². The van der Waals surface area contributed by atoms with Crippen LogP contribution in [-0.4, -0.2) is 24.3 Å². The van der Waals surface area contributed by atoms with Crippen molar-refractivity contribution in [1.29, 1.82) is 0 Å². The van der Waals surface area contributed by atoms with Gasteiger partial charge in [0.2, 0.25) is 11.8 Å². The number of nitrogens with one attached hydrogen (secondary N) is 3. The highest BCUT2D eigenvalue weighted by Crippen LogP contribution is 2.26. The smallest absolute Gasteiger partial charge is 0.254 e. The zero-order valence-corrected chi connectivity index (χ0v) is 15.3. The predicted octanol–water partition coefficient (Wildman–Crippen LogP) is 3.31. The van der Waals surface area contributed by atoms with E-state index in [1.54, 1.807) is 0 Å².